The van der Waals surface area contributed by atoms with E-state index in [1.165, 1.54) is 25.0 Å². The van der Waals surface area contributed by atoms with Crippen LogP contribution < -0.4 is 0 Å². The fraction of sp³-hybridized carbons (Fsp3) is 0.727. The van der Waals surface area contributed by atoms with Gasteiger partial charge in [-0.1, -0.05) is 20.1 Å². The maximum atomic E-state index is 11.7. The van der Waals surface area contributed by atoms with Crippen molar-refractivity contribution in [1.82, 2.24) is 0 Å². The Hall–Kier alpha value is -1.58. The zero-order valence-corrected chi connectivity index (χ0v) is 15.9. The molecular weight excluding hydrogens is 328 g/mol. The van der Waals surface area contributed by atoms with Crippen LogP contribution in [0.1, 0.15) is 39.5 Å². The van der Waals surface area contributed by atoms with E-state index in [4.69, 9.17) is 9.47 Å². The summed E-state index contributed by atoms with van der Waals surface area (Å²) in [7, 11) is 0. The number of hydrogen-bond donors (Lipinski definition) is 0. The minimum atomic E-state index is -0.320. The topological polar surface area (TPSA) is 52.6 Å². The van der Waals surface area contributed by atoms with E-state index in [1.807, 2.05) is 6.92 Å². The average molecular weight is 358 g/mol. The molecule has 0 amide bonds. The van der Waals surface area contributed by atoms with Crippen molar-refractivity contribution < 1.29 is 19.1 Å². The van der Waals surface area contributed by atoms with Crippen LogP contribution in [0.15, 0.2) is 25.3 Å². The predicted molar refractivity (Wildman–Crippen MR) is 97.9 cm³/mol. The highest BCUT2D eigenvalue weighted by molar-refractivity contribution is 5.81. The number of ether oxygens (including phenoxy) is 2. The molecule has 4 saturated carbocycles. The molecule has 0 aromatic heterocycles. The number of carbonyl (C=O) groups excluding carboxylic acids is 2. The number of esters is 2. The molecule has 0 heterocycles. The second kappa shape index (κ2) is 6.24. The van der Waals surface area contributed by atoms with Crippen molar-refractivity contribution >= 4 is 11.9 Å². The Morgan fingerprint density at radius 2 is 1.92 bits per heavy atom. The molecule has 26 heavy (non-hydrogen) atoms. The SMILES string of the molecule is C=CC(=O)OCCC12C3CCC(C(C)OC(=O)C=C)[C@@H]3C3C(C[C@@H]1C)[C@H]32. The summed E-state index contributed by atoms with van der Waals surface area (Å²) in [4.78, 5) is 23.1. The highest BCUT2D eigenvalue weighted by atomic mass is 16.5. The molecule has 0 radical (unpaired) electrons. The second-order valence-electron chi connectivity index (χ2n) is 8.91. The molecule has 4 rings (SSSR count). The lowest BCUT2D eigenvalue weighted by molar-refractivity contribution is -0.145. The molecule has 0 bridgehead atoms. The van der Waals surface area contributed by atoms with E-state index < -0.39 is 0 Å². The molecule has 4 heteroatoms. The molecule has 0 N–H and O–H groups in total. The predicted octanol–water partition coefficient (Wildman–Crippen LogP) is 3.77. The first-order chi connectivity index (χ1) is 12.5. The van der Waals surface area contributed by atoms with E-state index in [0.29, 0.717) is 35.7 Å². The van der Waals surface area contributed by atoms with Crippen molar-refractivity contribution in [3.05, 3.63) is 25.3 Å². The van der Waals surface area contributed by atoms with E-state index >= 15 is 0 Å². The molecule has 4 aliphatic carbocycles. The van der Waals surface area contributed by atoms with Gasteiger partial charge in [-0.15, -0.1) is 0 Å². The first kappa shape index (κ1) is 17.8. The Kier molecular flexibility index (Phi) is 4.28. The van der Waals surface area contributed by atoms with Crippen molar-refractivity contribution in [1.29, 1.82) is 0 Å². The van der Waals surface area contributed by atoms with Crippen LogP contribution in [0.5, 0.6) is 0 Å². The number of hydrogen-bond acceptors (Lipinski definition) is 4. The summed E-state index contributed by atoms with van der Waals surface area (Å²) in [6.07, 6.45) is 7.10. The summed E-state index contributed by atoms with van der Waals surface area (Å²) in [6.45, 7) is 11.9. The Morgan fingerprint density at radius 3 is 2.62 bits per heavy atom. The van der Waals surface area contributed by atoms with E-state index in [-0.39, 0.29) is 18.0 Å². The molecule has 0 saturated heterocycles. The Balaban J connectivity index is 1.51. The zero-order valence-electron chi connectivity index (χ0n) is 15.9. The van der Waals surface area contributed by atoms with Gasteiger partial charge in [0, 0.05) is 12.2 Å². The molecule has 0 aromatic carbocycles. The normalized spacial score (nSPS) is 45.4. The minimum absolute atomic E-state index is 0.0415. The van der Waals surface area contributed by atoms with Gasteiger partial charge in [-0.3, -0.25) is 0 Å². The van der Waals surface area contributed by atoms with Crippen LogP contribution in [0.3, 0.4) is 0 Å². The molecule has 4 nitrogen and oxygen atoms in total. The van der Waals surface area contributed by atoms with Gasteiger partial charge in [0.1, 0.15) is 6.10 Å². The van der Waals surface area contributed by atoms with Gasteiger partial charge in [0.05, 0.1) is 6.61 Å². The number of fused-ring (bicyclic) bond motifs is 4. The molecule has 0 aromatic rings. The van der Waals surface area contributed by atoms with E-state index in [2.05, 4.69) is 20.1 Å². The van der Waals surface area contributed by atoms with Crippen LogP contribution in [0.2, 0.25) is 0 Å². The van der Waals surface area contributed by atoms with Gasteiger partial charge in [-0.2, -0.15) is 0 Å². The van der Waals surface area contributed by atoms with E-state index in [9.17, 15) is 9.59 Å². The van der Waals surface area contributed by atoms with Crippen LogP contribution in [-0.2, 0) is 19.1 Å². The molecule has 6 unspecified atom stereocenters. The first-order valence-corrected chi connectivity index (χ1v) is 10.1. The molecule has 9 atom stereocenters. The van der Waals surface area contributed by atoms with Crippen molar-refractivity contribution in [2.75, 3.05) is 6.61 Å². The lowest BCUT2D eigenvalue weighted by Crippen LogP contribution is -2.36. The highest BCUT2D eigenvalue weighted by Gasteiger charge is 2.79. The molecule has 4 fully saturated rings. The van der Waals surface area contributed by atoms with Crippen LogP contribution >= 0.6 is 0 Å². The monoisotopic (exact) mass is 358 g/mol. The lowest BCUT2D eigenvalue weighted by Gasteiger charge is -2.40. The Morgan fingerprint density at radius 1 is 1.19 bits per heavy atom. The third-order valence-corrected chi connectivity index (χ3v) is 8.32. The minimum Gasteiger partial charge on any atom is -0.463 e. The summed E-state index contributed by atoms with van der Waals surface area (Å²) in [5, 5.41) is 0. The van der Waals surface area contributed by atoms with Gasteiger partial charge in [0.25, 0.3) is 0 Å². The quantitative estimate of drug-likeness (QED) is 0.513. The standard InChI is InChI=1S/C22H30O4/c1-5-17(23)25-10-9-22-12(3)11-15-20(21(15)22)19-14(7-8-16(19)22)13(4)26-18(24)6-2/h5-6,12-16,19-21H,1-2,7-11H2,3-4H3/t12-,13?,14?,15?,16?,19-,20?,21+,22?/m0/s1. The van der Waals surface area contributed by atoms with Gasteiger partial charge in [0.15, 0.2) is 0 Å². The summed E-state index contributed by atoms with van der Waals surface area (Å²) in [5.74, 6) is 4.29. The van der Waals surface area contributed by atoms with Crippen molar-refractivity contribution in [2.24, 2.45) is 46.8 Å². The molecule has 4 aliphatic rings. The van der Waals surface area contributed by atoms with Gasteiger partial charge < -0.3 is 9.47 Å². The molecule has 0 spiro atoms. The van der Waals surface area contributed by atoms with Crippen molar-refractivity contribution in [2.45, 2.75) is 45.6 Å². The first-order valence-electron chi connectivity index (χ1n) is 10.1. The third-order valence-electron chi connectivity index (χ3n) is 8.32. The van der Waals surface area contributed by atoms with Crippen LogP contribution in [-0.4, -0.2) is 24.6 Å². The largest absolute Gasteiger partial charge is 0.463 e. The summed E-state index contributed by atoms with van der Waals surface area (Å²) < 4.78 is 11.0. The number of rotatable bonds is 7. The van der Waals surface area contributed by atoms with Crippen LogP contribution in [0, 0.1) is 46.8 Å². The van der Waals surface area contributed by atoms with E-state index in [0.717, 1.165) is 30.6 Å². The zero-order chi connectivity index (χ0) is 18.6. The van der Waals surface area contributed by atoms with Gasteiger partial charge in [-0.05, 0) is 79.4 Å². The maximum absolute atomic E-state index is 11.7. The van der Waals surface area contributed by atoms with Crippen LogP contribution in [0.4, 0.5) is 0 Å². The van der Waals surface area contributed by atoms with Gasteiger partial charge in [-0.25, -0.2) is 9.59 Å². The summed E-state index contributed by atoms with van der Waals surface area (Å²) in [5.41, 5.74) is 0.318. The summed E-state index contributed by atoms with van der Waals surface area (Å²) >= 11 is 0. The molecular formula is C22H30O4. The van der Waals surface area contributed by atoms with Gasteiger partial charge in [0.2, 0.25) is 0 Å². The number of carbonyl (C=O) groups is 2. The lowest BCUT2D eigenvalue weighted by atomic mass is 9.65. The maximum Gasteiger partial charge on any atom is 0.330 e. The second-order valence-corrected chi connectivity index (χ2v) is 8.91. The third kappa shape index (κ3) is 2.33. The highest BCUT2D eigenvalue weighted by Crippen LogP contribution is 2.84. The van der Waals surface area contributed by atoms with Crippen LogP contribution in [0.25, 0.3) is 0 Å². The summed E-state index contributed by atoms with van der Waals surface area (Å²) in [6, 6.07) is 0. The van der Waals surface area contributed by atoms with Crippen molar-refractivity contribution in [3.8, 4) is 0 Å². The smallest absolute Gasteiger partial charge is 0.330 e. The molecule has 0 aliphatic heterocycles. The molecule has 142 valence electrons. The average Bonchev–Trinajstić information content (AvgIpc) is 2.94. The Labute approximate surface area is 156 Å². The Bertz CT molecular complexity index is 640. The fourth-order valence-corrected chi connectivity index (χ4v) is 7.64. The van der Waals surface area contributed by atoms with Gasteiger partial charge >= 0.3 is 11.9 Å². The fourth-order valence-electron chi connectivity index (χ4n) is 7.64. The van der Waals surface area contributed by atoms with Crippen molar-refractivity contribution in [3.63, 3.8) is 0 Å². The van der Waals surface area contributed by atoms with E-state index in [1.54, 1.807) is 0 Å².